The van der Waals surface area contributed by atoms with E-state index < -0.39 is 29.6 Å². The molecule has 0 spiro atoms. The van der Waals surface area contributed by atoms with Crippen molar-refractivity contribution in [1.29, 1.82) is 0 Å². The number of nitrogens with zero attached hydrogens (tertiary/aromatic N) is 4. The fourth-order valence-electron chi connectivity index (χ4n) is 4.73. The molecule has 2 N–H and O–H groups in total. The van der Waals surface area contributed by atoms with Gasteiger partial charge in [-0.3, -0.25) is 4.79 Å². The lowest BCUT2D eigenvalue weighted by atomic mass is 9.93. The van der Waals surface area contributed by atoms with Crippen LogP contribution in [0, 0.1) is 19.7 Å². The van der Waals surface area contributed by atoms with Gasteiger partial charge in [0.05, 0.1) is 23.6 Å². The van der Waals surface area contributed by atoms with Crippen molar-refractivity contribution in [1.82, 2.24) is 15.2 Å². The van der Waals surface area contributed by atoms with Crippen molar-refractivity contribution in [3.05, 3.63) is 53.0 Å². The molecule has 0 saturated carbocycles. The molecule has 1 saturated heterocycles. The van der Waals surface area contributed by atoms with E-state index in [2.05, 4.69) is 20.5 Å². The molecule has 8 nitrogen and oxygen atoms in total. The summed E-state index contributed by atoms with van der Waals surface area (Å²) in [7, 11) is 0. The summed E-state index contributed by atoms with van der Waals surface area (Å²) in [6.45, 7) is 3.46. The highest BCUT2D eigenvalue weighted by molar-refractivity contribution is 5.78. The predicted octanol–water partition coefficient (Wildman–Crippen LogP) is 3.90. The lowest BCUT2D eigenvalue weighted by molar-refractivity contribution is 0.0528. The molecule has 0 unspecified atom stereocenters. The van der Waals surface area contributed by atoms with Gasteiger partial charge in [0.25, 0.3) is 6.43 Å². The number of alkyl halides is 2. The van der Waals surface area contributed by atoms with Gasteiger partial charge in [0, 0.05) is 29.7 Å². The summed E-state index contributed by atoms with van der Waals surface area (Å²) < 4.78 is 49.0. The first kappa shape index (κ1) is 22.9. The summed E-state index contributed by atoms with van der Waals surface area (Å²) in [6, 6.07) is 7.16. The SMILES string of the molecule is Cc1cc(C=O)c(C)nc1O[C@H]1CN2c3cc(-c4cccc(F)c4O)nnc3NC[C@@]2(C(F)F)C1. The summed E-state index contributed by atoms with van der Waals surface area (Å²) in [5.74, 6) is -0.824. The maximum absolute atomic E-state index is 14.5. The molecule has 0 radical (unpaired) electrons. The standard InChI is InChI=1S/C24H22F3N5O3/c1-12-6-14(10-33)13(2)29-22(12)35-15-8-24(23(26)27)11-28-21-19(32(24)9-15)7-18(30-31-21)16-4-3-5-17(25)20(16)34/h3-7,10,15,23,34H,8-9,11H2,1-2H3,(H,28,31)/t15-,24-/m1/s1. The molecule has 2 aliphatic heterocycles. The lowest BCUT2D eigenvalue weighted by Gasteiger charge is -2.43. The van der Waals surface area contributed by atoms with E-state index in [4.69, 9.17) is 4.74 Å². The maximum atomic E-state index is 14.5. The second-order valence-electron chi connectivity index (χ2n) is 8.81. The van der Waals surface area contributed by atoms with E-state index >= 15 is 0 Å². The third-order valence-electron chi connectivity index (χ3n) is 6.60. The number of aromatic nitrogens is 3. The van der Waals surface area contributed by atoms with E-state index in [1.165, 1.54) is 18.2 Å². The number of benzene rings is 1. The fraction of sp³-hybridized carbons (Fsp3) is 0.333. The number of anilines is 2. The molecule has 1 aromatic carbocycles. The van der Waals surface area contributed by atoms with E-state index in [0.29, 0.717) is 34.6 Å². The second kappa shape index (κ2) is 8.40. The minimum atomic E-state index is -2.72. The Balaban J connectivity index is 1.51. The molecule has 5 rings (SSSR count). The Bertz CT molecular complexity index is 1320. The number of pyridine rings is 1. The number of aromatic hydroxyl groups is 1. The molecule has 3 aromatic rings. The van der Waals surface area contributed by atoms with Crippen LogP contribution in [0.4, 0.5) is 24.7 Å². The van der Waals surface area contributed by atoms with Gasteiger partial charge in [-0.05, 0) is 38.1 Å². The summed E-state index contributed by atoms with van der Waals surface area (Å²) in [6.07, 6.45) is -2.62. The number of carbonyl (C=O) groups excluding carboxylic acids is 1. The zero-order valence-corrected chi connectivity index (χ0v) is 18.9. The minimum Gasteiger partial charge on any atom is -0.504 e. The smallest absolute Gasteiger partial charge is 0.263 e. The third-order valence-corrected chi connectivity index (χ3v) is 6.60. The van der Waals surface area contributed by atoms with Crippen molar-refractivity contribution in [3.8, 4) is 22.9 Å². The van der Waals surface area contributed by atoms with Crippen LogP contribution in [-0.2, 0) is 0 Å². The quantitative estimate of drug-likeness (QED) is 0.525. The molecule has 0 aliphatic carbocycles. The van der Waals surface area contributed by atoms with Gasteiger partial charge in [-0.1, -0.05) is 6.07 Å². The maximum Gasteiger partial charge on any atom is 0.263 e. The van der Waals surface area contributed by atoms with Crippen molar-refractivity contribution in [2.75, 3.05) is 23.3 Å². The first-order valence-corrected chi connectivity index (χ1v) is 11.0. The van der Waals surface area contributed by atoms with Crippen LogP contribution in [0.15, 0.2) is 30.3 Å². The summed E-state index contributed by atoms with van der Waals surface area (Å²) in [5, 5.41) is 21.2. The Morgan fingerprint density at radius 1 is 1.29 bits per heavy atom. The topological polar surface area (TPSA) is 100 Å². The molecule has 2 atom stereocenters. The van der Waals surface area contributed by atoms with E-state index in [0.717, 1.165) is 6.07 Å². The Kier molecular flexibility index (Phi) is 5.49. The highest BCUT2D eigenvalue weighted by atomic mass is 19.3. The largest absolute Gasteiger partial charge is 0.504 e. The highest BCUT2D eigenvalue weighted by Gasteiger charge is 2.56. The average Bonchev–Trinajstić information content (AvgIpc) is 3.23. The van der Waals surface area contributed by atoms with Gasteiger partial charge in [0.2, 0.25) is 5.88 Å². The molecular weight excluding hydrogens is 463 g/mol. The van der Waals surface area contributed by atoms with Crippen LogP contribution in [-0.4, -0.2) is 57.7 Å². The first-order valence-electron chi connectivity index (χ1n) is 11.0. The van der Waals surface area contributed by atoms with Crippen molar-refractivity contribution < 1.29 is 27.8 Å². The van der Waals surface area contributed by atoms with Crippen LogP contribution in [0.3, 0.4) is 0 Å². The van der Waals surface area contributed by atoms with Crippen LogP contribution in [0.1, 0.15) is 28.0 Å². The predicted molar refractivity (Wildman–Crippen MR) is 122 cm³/mol. The fourth-order valence-corrected chi connectivity index (χ4v) is 4.73. The Morgan fingerprint density at radius 2 is 2.09 bits per heavy atom. The lowest BCUT2D eigenvalue weighted by Crippen LogP contribution is -2.57. The van der Waals surface area contributed by atoms with Gasteiger partial charge >= 0.3 is 0 Å². The van der Waals surface area contributed by atoms with Gasteiger partial charge in [-0.2, -0.15) is 0 Å². The van der Waals surface area contributed by atoms with Gasteiger partial charge in [0.1, 0.15) is 11.6 Å². The van der Waals surface area contributed by atoms with Crippen molar-refractivity contribution in [3.63, 3.8) is 0 Å². The van der Waals surface area contributed by atoms with E-state index in [1.807, 2.05) is 0 Å². The number of phenols is 1. The number of ether oxygens (including phenoxy) is 1. The number of para-hydroxylation sites is 1. The summed E-state index contributed by atoms with van der Waals surface area (Å²) in [5.41, 5.74) is 0.582. The van der Waals surface area contributed by atoms with Crippen LogP contribution in [0.25, 0.3) is 11.3 Å². The number of rotatable bonds is 5. The van der Waals surface area contributed by atoms with Crippen LogP contribution in [0.2, 0.25) is 0 Å². The van der Waals surface area contributed by atoms with E-state index in [-0.39, 0.29) is 36.6 Å². The molecular formula is C24H22F3N5O3. The monoisotopic (exact) mass is 485 g/mol. The Labute approximate surface area is 198 Å². The number of carbonyl (C=O) groups is 1. The molecule has 2 aromatic heterocycles. The van der Waals surface area contributed by atoms with Crippen LogP contribution < -0.4 is 15.0 Å². The van der Waals surface area contributed by atoms with E-state index in [1.54, 1.807) is 24.8 Å². The van der Waals surface area contributed by atoms with Gasteiger partial charge in [-0.15, -0.1) is 10.2 Å². The molecule has 0 amide bonds. The summed E-state index contributed by atoms with van der Waals surface area (Å²) >= 11 is 0. The number of phenolic OH excluding ortho intramolecular Hbond substituents is 1. The van der Waals surface area contributed by atoms with Crippen molar-refractivity contribution in [2.24, 2.45) is 0 Å². The highest BCUT2D eigenvalue weighted by Crippen LogP contribution is 2.46. The summed E-state index contributed by atoms with van der Waals surface area (Å²) in [4.78, 5) is 17.1. The van der Waals surface area contributed by atoms with Crippen LogP contribution >= 0.6 is 0 Å². The molecule has 11 heteroatoms. The number of halogens is 3. The van der Waals surface area contributed by atoms with E-state index in [9.17, 15) is 23.1 Å². The molecule has 182 valence electrons. The van der Waals surface area contributed by atoms with Gasteiger partial charge in [0.15, 0.2) is 23.7 Å². The van der Waals surface area contributed by atoms with Crippen LogP contribution in [0.5, 0.6) is 11.6 Å². The number of hydrogen-bond acceptors (Lipinski definition) is 8. The molecule has 1 fully saturated rings. The number of aldehydes is 1. The minimum absolute atomic E-state index is 0.00950. The second-order valence-corrected chi connectivity index (χ2v) is 8.81. The molecule has 0 bridgehead atoms. The third kappa shape index (κ3) is 3.71. The molecule has 2 aliphatic rings. The number of aryl methyl sites for hydroxylation is 2. The zero-order valence-electron chi connectivity index (χ0n) is 18.9. The van der Waals surface area contributed by atoms with Crippen molar-refractivity contribution >= 4 is 17.8 Å². The number of fused-ring (bicyclic) bond motifs is 3. The Hall–Kier alpha value is -3.89. The Morgan fingerprint density at radius 3 is 2.83 bits per heavy atom. The zero-order chi connectivity index (χ0) is 24.9. The average molecular weight is 485 g/mol. The van der Waals surface area contributed by atoms with Gasteiger partial charge in [-0.25, -0.2) is 18.2 Å². The molecule has 35 heavy (non-hydrogen) atoms. The van der Waals surface area contributed by atoms with Crippen molar-refractivity contribution in [2.45, 2.75) is 38.3 Å². The molecule has 4 heterocycles. The number of nitrogens with one attached hydrogen (secondary N) is 1. The number of hydrogen-bond donors (Lipinski definition) is 2. The van der Waals surface area contributed by atoms with Gasteiger partial charge < -0.3 is 20.1 Å². The normalized spacial score (nSPS) is 20.9. The first-order chi connectivity index (χ1) is 16.7.